The molecule has 1 N–H and O–H groups in total. The van der Waals surface area contributed by atoms with Gasteiger partial charge in [-0.15, -0.1) is 0 Å². The molecule has 3 saturated carbocycles. The molecule has 0 unspecified atom stereocenters. The molecule has 0 radical (unpaired) electrons. The van der Waals surface area contributed by atoms with Crippen LogP contribution in [-0.2, 0) is 14.3 Å². The highest BCUT2D eigenvalue weighted by Crippen LogP contribution is 2.69. The monoisotopic (exact) mass is 370 g/mol. The van der Waals surface area contributed by atoms with E-state index in [1.807, 2.05) is 0 Å². The Balaban J connectivity index is 1.52. The van der Waals surface area contributed by atoms with Gasteiger partial charge in [0.15, 0.2) is 0 Å². The largest absolute Gasteiger partial charge is 0.458 e. The molecule has 0 aromatic heterocycles. The van der Waals surface area contributed by atoms with Crippen LogP contribution in [0.5, 0.6) is 0 Å². The summed E-state index contributed by atoms with van der Waals surface area (Å²) in [5.41, 5.74) is -0.181. The van der Waals surface area contributed by atoms with E-state index in [9.17, 15) is 14.7 Å². The molecular weight excluding hydrogens is 340 g/mol. The Morgan fingerprint density at radius 1 is 1.15 bits per heavy atom. The van der Waals surface area contributed by atoms with Crippen molar-refractivity contribution in [1.29, 1.82) is 0 Å². The summed E-state index contributed by atoms with van der Waals surface area (Å²) in [4.78, 5) is 24.0. The molecule has 5 aliphatic rings. The van der Waals surface area contributed by atoms with Gasteiger partial charge in [-0.25, -0.2) is 4.79 Å². The molecule has 4 heteroatoms. The standard InChI is InChI=1S/C23H30O4/c1-21-10-7-18-19(6-5-16-4-2-3-9-22(16,18)14-24)23(21,26)11-8-17(21)15-12-20(25)27-13-15/h2,4,12,14,16-19,26H,3,5-11,13H2,1H3/t16-,17+,18-,19+,21+,22+,23-/m0/s1. The lowest BCUT2D eigenvalue weighted by atomic mass is 9.44. The van der Waals surface area contributed by atoms with Crippen molar-refractivity contribution >= 4 is 12.3 Å². The van der Waals surface area contributed by atoms with E-state index in [0.717, 1.165) is 56.9 Å². The number of cyclic esters (lactones) is 1. The van der Waals surface area contributed by atoms with Crippen LogP contribution in [-0.4, -0.2) is 29.6 Å². The Hall–Kier alpha value is -1.42. The Morgan fingerprint density at radius 2 is 2.00 bits per heavy atom. The van der Waals surface area contributed by atoms with E-state index in [1.165, 1.54) is 6.29 Å². The van der Waals surface area contributed by atoms with Gasteiger partial charge in [-0.05, 0) is 80.6 Å². The second kappa shape index (κ2) is 5.79. The second-order valence-corrected chi connectivity index (χ2v) is 9.89. The van der Waals surface area contributed by atoms with Crippen molar-refractivity contribution in [3.8, 4) is 0 Å². The normalized spacial score (nSPS) is 51.0. The Labute approximate surface area is 161 Å². The molecular formula is C23H30O4. The molecule has 3 fully saturated rings. The summed E-state index contributed by atoms with van der Waals surface area (Å²) >= 11 is 0. The molecule has 0 spiro atoms. The van der Waals surface area contributed by atoms with Crippen LogP contribution in [0.4, 0.5) is 0 Å². The summed E-state index contributed by atoms with van der Waals surface area (Å²) in [5, 5.41) is 12.1. The second-order valence-electron chi connectivity index (χ2n) is 9.89. The minimum absolute atomic E-state index is 0.188. The summed E-state index contributed by atoms with van der Waals surface area (Å²) in [6.45, 7) is 2.61. The van der Waals surface area contributed by atoms with Crippen molar-refractivity contribution in [2.24, 2.45) is 34.5 Å². The summed E-state index contributed by atoms with van der Waals surface area (Å²) in [7, 11) is 0. The predicted molar refractivity (Wildman–Crippen MR) is 101 cm³/mol. The number of aldehydes is 1. The van der Waals surface area contributed by atoms with Crippen molar-refractivity contribution in [1.82, 2.24) is 0 Å². The molecule has 7 atom stereocenters. The number of esters is 1. The van der Waals surface area contributed by atoms with E-state index < -0.39 is 5.60 Å². The van der Waals surface area contributed by atoms with Crippen LogP contribution in [0, 0.1) is 34.5 Å². The van der Waals surface area contributed by atoms with Crippen LogP contribution in [0.1, 0.15) is 58.3 Å². The van der Waals surface area contributed by atoms with Gasteiger partial charge in [0.1, 0.15) is 12.9 Å². The van der Waals surface area contributed by atoms with Gasteiger partial charge in [-0.1, -0.05) is 19.1 Å². The number of hydrogen-bond acceptors (Lipinski definition) is 4. The summed E-state index contributed by atoms with van der Waals surface area (Å²) in [6.07, 6.45) is 15.0. The number of carbonyl (C=O) groups excluding carboxylic acids is 2. The van der Waals surface area contributed by atoms with Gasteiger partial charge in [0.05, 0.1) is 5.60 Å². The fourth-order valence-corrected chi connectivity index (χ4v) is 7.90. The van der Waals surface area contributed by atoms with Crippen molar-refractivity contribution in [2.45, 2.75) is 63.9 Å². The average Bonchev–Trinajstić information content (AvgIpc) is 3.21. The third-order valence-electron chi connectivity index (χ3n) is 9.28. The predicted octanol–water partition coefficient (Wildman–Crippen LogP) is 3.59. The van der Waals surface area contributed by atoms with Gasteiger partial charge in [-0.3, -0.25) is 0 Å². The van der Waals surface area contributed by atoms with Crippen LogP contribution >= 0.6 is 0 Å². The van der Waals surface area contributed by atoms with Gasteiger partial charge < -0.3 is 14.6 Å². The minimum Gasteiger partial charge on any atom is -0.458 e. The molecule has 1 aliphatic heterocycles. The lowest BCUT2D eigenvalue weighted by Crippen LogP contribution is -2.62. The van der Waals surface area contributed by atoms with E-state index in [-0.39, 0.29) is 34.6 Å². The molecule has 5 rings (SSSR count). The maximum absolute atomic E-state index is 12.4. The molecule has 4 nitrogen and oxygen atoms in total. The topological polar surface area (TPSA) is 63.6 Å². The van der Waals surface area contributed by atoms with Crippen LogP contribution in [0.3, 0.4) is 0 Å². The number of aliphatic hydroxyl groups is 1. The van der Waals surface area contributed by atoms with Crippen LogP contribution in [0.15, 0.2) is 23.8 Å². The Kier molecular flexibility index (Phi) is 3.79. The van der Waals surface area contributed by atoms with Crippen molar-refractivity contribution in [3.63, 3.8) is 0 Å². The van der Waals surface area contributed by atoms with Crippen LogP contribution < -0.4 is 0 Å². The van der Waals surface area contributed by atoms with Crippen molar-refractivity contribution in [3.05, 3.63) is 23.8 Å². The number of carbonyl (C=O) groups is 2. The van der Waals surface area contributed by atoms with E-state index in [4.69, 9.17) is 4.74 Å². The minimum atomic E-state index is -0.741. The molecule has 4 aliphatic carbocycles. The van der Waals surface area contributed by atoms with E-state index in [2.05, 4.69) is 19.1 Å². The summed E-state index contributed by atoms with van der Waals surface area (Å²) < 4.78 is 5.18. The van der Waals surface area contributed by atoms with Gasteiger partial charge >= 0.3 is 5.97 Å². The van der Waals surface area contributed by atoms with Crippen molar-refractivity contribution < 1.29 is 19.4 Å². The number of rotatable bonds is 2. The first kappa shape index (κ1) is 17.7. The molecule has 0 saturated heterocycles. The molecule has 0 amide bonds. The maximum Gasteiger partial charge on any atom is 0.331 e. The summed E-state index contributed by atoms with van der Waals surface area (Å²) in [5.74, 6) is 0.788. The number of ether oxygens (including phenoxy) is 1. The van der Waals surface area contributed by atoms with Crippen molar-refractivity contribution in [2.75, 3.05) is 6.61 Å². The molecule has 0 bridgehead atoms. The highest BCUT2D eigenvalue weighted by molar-refractivity contribution is 5.85. The van der Waals surface area contributed by atoms with E-state index in [1.54, 1.807) is 6.08 Å². The van der Waals surface area contributed by atoms with Gasteiger partial charge in [-0.2, -0.15) is 0 Å². The fourth-order valence-electron chi connectivity index (χ4n) is 7.90. The smallest absolute Gasteiger partial charge is 0.331 e. The van der Waals surface area contributed by atoms with Gasteiger partial charge in [0.2, 0.25) is 0 Å². The van der Waals surface area contributed by atoms with E-state index in [0.29, 0.717) is 12.5 Å². The highest BCUT2D eigenvalue weighted by atomic mass is 16.5. The van der Waals surface area contributed by atoms with Gasteiger partial charge in [0, 0.05) is 16.9 Å². The Bertz CT molecular complexity index is 739. The molecule has 0 aromatic rings. The zero-order valence-corrected chi connectivity index (χ0v) is 16.2. The maximum atomic E-state index is 12.4. The quantitative estimate of drug-likeness (QED) is 0.458. The molecule has 27 heavy (non-hydrogen) atoms. The first-order chi connectivity index (χ1) is 12.9. The Morgan fingerprint density at radius 3 is 2.74 bits per heavy atom. The van der Waals surface area contributed by atoms with Crippen LogP contribution in [0.2, 0.25) is 0 Å². The third-order valence-corrected chi connectivity index (χ3v) is 9.28. The lowest BCUT2D eigenvalue weighted by molar-refractivity contribution is -0.196. The molecule has 146 valence electrons. The number of hydrogen-bond donors (Lipinski definition) is 1. The molecule has 0 aromatic carbocycles. The fraction of sp³-hybridized carbons (Fsp3) is 0.739. The number of allylic oxidation sites excluding steroid dienone is 2. The number of fused-ring (bicyclic) bond motifs is 5. The zero-order valence-electron chi connectivity index (χ0n) is 16.2. The highest BCUT2D eigenvalue weighted by Gasteiger charge is 2.68. The SMILES string of the molecule is C[C@]12CC[C@H]3[C@@H](CC[C@@H]4C=CCC[C@@]43C=O)[C@@]1(O)CC[C@@H]2C1=CC(=O)OC1. The van der Waals surface area contributed by atoms with E-state index >= 15 is 0 Å². The zero-order chi connectivity index (χ0) is 18.9. The first-order valence-corrected chi connectivity index (χ1v) is 10.7. The first-order valence-electron chi connectivity index (χ1n) is 10.7. The third kappa shape index (κ3) is 2.14. The summed E-state index contributed by atoms with van der Waals surface area (Å²) in [6, 6.07) is 0. The van der Waals surface area contributed by atoms with Gasteiger partial charge in [0.25, 0.3) is 0 Å². The lowest BCUT2D eigenvalue weighted by Gasteiger charge is -2.62. The average molecular weight is 370 g/mol. The molecule has 1 heterocycles. The van der Waals surface area contributed by atoms with Crippen LogP contribution in [0.25, 0.3) is 0 Å².